The molecule has 1 N–H and O–H groups in total. The second-order valence-electron chi connectivity index (χ2n) is 5.29. The molecule has 0 aliphatic heterocycles. The van der Waals surface area contributed by atoms with Crippen LogP contribution in [0, 0.1) is 25.5 Å². The Balaban J connectivity index is 2.29. The second-order valence-corrected chi connectivity index (χ2v) is 6.97. The molecule has 0 spiro atoms. The van der Waals surface area contributed by atoms with E-state index < -0.39 is 27.7 Å². The van der Waals surface area contributed by atoms with Crippen LogP contribution in [0.3, 0.4) is 0 Å². The summed E-state index contributed by atoms with van der Waals surface area (Å²) >= 11 is 0. The first kappa shape index (κ1) is 16.6. The average molecular weight is 325 g/mol. The molecule has 22 heavy (non-hydrogen) atoms. The van der Waals surface area contributed by atoms with Gasteiger partial charge in [-0.3, -0.25) is 0 Å². The summed E-state index contributed by atoms with van der Waals surface area (Å²) in [4.78, 5) is 0.174. The van der Waals surface area contributed by atoms with E-state index in [4.69, 9.17) is 0 Å². The maximum Gasteiger partial charge on any atom is 0.241 e. The number of hydrogen-bond donors (Lipinski definition) is 1. The zero-order chi connectivity index (χ0) is 16.5. The van der Waals surface area contributed by atoms with Crippen molar-refractivity contribution in [3.8, 4) is 0 Å². The molecule has 0 saturated heterocycles. The SMILES string of the molecule is Cc1ccc(S(=O)(=O)N[C@H](C)c2ccc(F)c(F)c2)c(C)c1. The largest absolute Gasteiger partial charge is 0.241 e. The molecule has 0 unspecified atom stereocenters. The third kappa shape index (κ3) is 3.51. The summed E-state index contributed by atoms with van der Waals surface area (Å²) in [5.41, 5.74) is 1.95. The molecular formula is C16H17F2NO2S. The summed E-state index contributed by atoms with van der Waals surface area (Å²) in [5.74, 6) is -1.97. The van der Waals surface area contributed by atoms with E-state index >= 15 is 0 Å². The number of sulfonamides is 1. The first-order chi connectivity index (χ1) is 10.2. The van der Waals surface area contributed by atoms with Crippen LogP contribution < -0.4 is 4.72 Å². The third-order valence-corrected chi connectivity index (χ3v) is 5.10. The molecule has 0 amide bonds. The van der Waals surface area contributed by atoms with Gasteiger partial charge in [0.1, 0.15) is 0 Å². The number of halogens is 2. The fourth-order valence-corrected chi connectivity index (χ4v) is 3.71. The minimum atomic E-state index is -3.74. The van der Waals surface area contributed by atoms with Gasteiger partial charge in [-0.2, -0.15) is 0 Å². The quantitative estimate of drug-likeness (QED) is 0.933. The lowest BCUT2D eigenvalue weighted by atomic mass is 10.1. The molecular weight excluding hydrogens is 308 g/mol. The summed E-state index contributed by atoms with van der Waals surface area (Å²) in [6.45, 7) is 5.16. The lowest BCUT2D eigenvalue weighted by Gasteiger charge is -2.16. The van der Waals surface area contributed by atoms with Crippen LogP contribution >= 0.6 is 0 Å². The van der Waals surface area contributed by atoms with Gasteiger partial charge < -0.3 is 0 Å². The second kappa shape index (κ2) is 6.14. The van der Waals surface area contributed by atoms with E-state index in [-0.39, 0.29) is 4.90 Å². The monoisotopic (exact) mass is 325 g/mol. The number of nitrogens with one attached hydrogen (secondary N) is 1. The van der Waals surface area contributed by atoms with Gasteiger partial charge >= 0.3 is 0 Å². The predicted octanol–water partition coefficient (Wildman–Crippen LogP) is 3.62. The Morgan fingerprint density at radius 2 is 1.68 bits per heavy atom. The molecule has 2 aromatic rings. The Morgan fingerprint density at radius 3 is 2.27 bits per heavy atom. The van der Waals surface area contributed by atoms with E-state index in [9.17, 15) is 17.2 Å². The number of aryl methyl sites for hydroxylation is 2. The Kier molecular flexibility index (Phi) is 4.63. The molecule has 3 nitrogen and oxygen atoms in total. The van der Waals surface area contributed by atoms with Crippen LogP contribution in [0.5, 0.6) is 0 Å². The highest BCUT2D eigenvalue weighted by molar-refractivity contribution is 7.89. The first-order valence-corrected chi connectivity index (χ1v) is 8.23. The van der Waals surface area contributed by atoms with Gasteiger partial charge in [0.25, 0.3) is 0 Å². The number of benzene rings is 2. The molecule has 118 valence electrons. The fraction of sp³-hybridized carbons (Fsp3) is 0.250. The minimum absolute atomic E-state index is 0.174. The van der Waals surface area contributed by atoms with Crippen LogP contribution in [0.4, 0.5) is 8.78 Å². The molecule has 0 bridgehead atoms. The van der Waals surface area contributed by atoms with Crippen LogP contribution in [0.25, 0.3) is 0 Å². The lowest BCUT2D eigenvalue weighted by Crippen LogP contribution is -2.27. The van der Waals surface area contributed by atoms with E-state index in [1.807, 2.05) is 6.92 Å². The summed E-state index contributed by atoms with van der Waals surface area (Å²) in [6, 6.07) is 7.66. The Labute approximate surface area is 129 Å². The van der Waals surface area contributed by atoms with E-state index in [1.54, 1.807) is 26.0 Å². The molecule has 0 saturated carbocycles. The molecule has 2 aromatic carbocycles. The minimum Gasteiger partial charge on any atom is -0.207 e. The first-order valence-electron chi connectivity index (χ1n) is 6.75. The zero-order valence-electron chi connectivity index (χ0n) is 12.5. The number of rotatable bonds is 4. The molecule has 0 heterocycles. The Hall–Kier alpha value is -1.79. The van der Waals surface area contributed by atoms with Crippen LogP contribution in [0.1, 0.15) is 29.7 Å². The highest BCUT2D eigenvalue weighted by atomic mass is 32.2. The van der Waals surface area contributed by atoms with Crippen molar-refractivity contribution in [3.05, 3.63) is 64.7 Å². The topological polar surface area (TPSA) is 46.2 Å². The third-order valence-electron chi connectivity index (χ3n) is 3.40. The van der Waals surface area contributed by atoms with Crippen molar-refractivity contribution in [2.45, 2.75) is 31.7 Å². The molecule has 0 aliphatic rings. The van der Waals surface area contributed by atoms with Crippen molar-refractivity contribution in [1.82, 2.24) is 4.72 Å². The van der Waals surface area contributed by atoms with Gasteiger partial charge in [-0.25, -0.2) is 21.9 Å². The van der Waals surface area contributed by atoms with Crippen LogP contribution in [0.15, 0.2) is 41.3 Å². The molecule has 0 fully saturated rings. The summed E-state index contributed by atoms with van der Waals surface area (Å²) in [5, 5.41) is 0. The lowest BCUT2D eigenvalue weighted by molar-refractivity contribution is 0.504. The van der Waals surface area contributed by atoms with Crippen LogP contribution in [-0.2, 0) is 10.0 Å². The van der Waals surface area contributed by atoms with Gasteiger partial charge in [0.15, 0.2) is 11.6 Å². The summed E-state index contributed by atoms with van der Waals surface area (Å²) < 4.78 is 53.5. The summed E-state index contributed by atoms with van der Waals surface area (Å²) in [6.07, 6.45) is 0. The molecule has 1 atom stereocenters. The van der Waals surface area contributed by atoms with Gasteiger partial charge in [0.05, 0.1) is 4.90 Å². The zero-order valence-corrected chi connectivity index (χ0v) is 13.3. The number of hydrogen-bond acceptors (Lipinski definition) is 2. The highest BCUT2D eigenvalue weighted by Gasteiger charge is 2.21. The molecule has 0 aromatic heterocycles. The average Bonchev–Trinajstić information content (AvgIpc) is 2.40. The summed E-state index contributed by atoms with van der Waals surface area (Å²) in [7, 11) is -3.74. The van der Waals surface area contributed by atoms with E-state index in [0.717, 1.165) is 17.7 Å². The maximum atomic E-state index is 13.3. The molecule has 0 aliphatic carbocycles. The maximum absolute atomic E-state index is 13.3. The van der Waals surface area contributed by atoms with E-state index in [2.05, 4.69) is 4.72 Å². The van der Waals surface area contributed by atoms with E-state index in [1.165, 1.54) is 12.1 Å². The highest BCUT2D eigenvalue weighted by Crippen LogP contribution is 2.21. The Bertz CT molecular complexity index is 804. The molecule has 6 heteroatoms. The van der Waals surface area contributed by atoms with Gasteiger partial charge in [-0.1, -0.05) is 23.8 Å². The standard InChI is InChI=1S/C16H17F2NO2S/c1-10-4-7-16(11(2)8-10)22(20,21)19-12(3)13-5-6-14(17)15(18)9-13/h4-9,12,19H,1-3H3/t12-/m1/s1. The van der Waals surface area contributed by atoms with Crippen molar-refractivity contribution in [2.24, 2.45) is 0 Å². The van der Waals surface area contributed by atoms with Crippen molar-refractivity contribution >= 4 is 10.0 Å². The van der Waals surface area contributed by atoms with Crippen LogP contribution in [0.2, 0.25) is 0 Å². The van der Waals surface area contributed by atoms with Crippen molar-refractivity contribution in [3.63, 3.8) is 0 Å². The normalized spacial score (nSPS) is 13.1. The van der Waals surface area contributed by atoms with Crippen LogP contribution in [-0.4, -0.2) is 8.42 Å². The molecule has 2 rings (SSSR count). The van der Waals surface area contributed by atoms with Crippen molar-refractivity contribution in [2.75, 3.05) is 0 Å². The van der Waals surface area contributed by atoms with E-state index in [0.29, 0.717) is 11.1 Å². The van der Waals surface area contributed by atoms with Gasteiger partial charge in [0.2, 0.25) is 10.0 Å². The predicted molar refractivity (Wildman–Crippen MR) is 81.0 cm³/mol. The van der Waals surface area contributed by atoms with Crippen molar-refractivity contribution < 1.29 is 17.2 Å². The smallest absolute Gasteiger partial charge is 0.207 e. The Morgan fingerprint density at radius 1 is 1.00 bits per heavy atom. The van der Waals surface area contributed by atoms with Gasteiger partial charge in [-0.15, -0.1) is 0 Å². The fourth-order valence-electron chi connectivity index (χ4n) is 2.25. The van der Waals surface area contributed by atoms with Gasteiger partial charge in [-0.05, 0) is 50.1 Å². The molecule has 0 radical (unpaired) electrons. The van der Waals surface area contributed by atoms with Crippen molar-refractivity contribution in [1.29, 1.82) is 0 Å². The van der Waals surface area contributed by atoms with Gasteiger partial charge in [0, 0.05) is 6.04 Å².